The Bertz CT molecular complexity index is 720. The van der Waals surface area contributed by atoms with Gasteiger partial charge in [0.25, 0.3) is 5.91 Å². The van der Waals surface area contributed by atoms with E-state index in [1.165, 1.54) is 6.42 Å². The van der Waals surface area contributed by atoms with E-state index in [-0.39, 0.29) is 11.8 Å². The first-order valence-electron chi connectivity index (χ1n) is 8.46. The number of aromatic nitrogens is 2. The van der Waals surface area contributed by atoms with E-state index in [9.17, 15) is 9.90 Å². The van der Waals surface area contributed by atoms with Crippen molar-refractivity contribution in [2.24, 2.45) is 5.92 Å². The molecule has 1 aromatic carbocycles. The summed E-state index contributed by atoms with van der Waals surface area (Å²) in [6.45, 7) is 0. The number of hydrogen-bond donors (Lipinski definition) is 3. The molecule has 1 atom stereocenters. The topological polar surface area (TPSA) is 87.1 Å². The van der Waals surface area contributed by atoms with E-state index in [0.717, 1.165) is 25.7 Å². The van der Waals surface area contributed by atoms with E-state index >= 15 is 0 Å². The van der Waals surface area contributed by atoms with Crippen molar-refractivity contribution in [2.75, 3.05) is 5.32 Å². The molecule has 0 spiro atoms. The number of anilines is 2. The van der Waals surface area contributed by atoms with Crippen molar-refractivity contribution in [3.63, 3.8) is 0 Å². The predicted molar refractivity (Wildman–Crippen MR) is 96.8 cm³/mol. The lowest BCUT2D eigenvalue weighted by Gasteiger charge is -2.27. The van der Waals surface area contributed by atoms with E-state index in [1.807, 2.05) is 0 Å². The summed E-state index contributed by atoms with van der Waals surface area (Å²) in [6.07, 6.45) is 7.64. The molecule has 1 unspecified atom stereocenters. The molecule has 132 valence electrons. The molecule has 1 aliphatic rings. The van der Waals surface area contributed by atoms with Crippen LogP contribution in [0.1, 0.15) is 42.5 Å². The molecule has 6 nitrogen and oxygen atoms in total. The van der Waals surface area contributed by atoms with Crippen LogP contribution in [0.15, 0.2) is 36.7 Å². The Morgan fingerprint density at radius 1 is 1.20 bits per heavy atom. The van der Waals surface area contributed by atoms with Gasteiger partial charge in [-0.05, 0) is 37.1 Å². The maximum atomic E-state index is 12.5. The zero-order valence-electron chi connectivity index (χ0n) is 13.8. The summed E-state index contributed by atoms with van der Waals surface area (Å²) in [7, 11) is 0. The average Bonchev–Trinajstić information content (AvgIpc) is 2.65. The zero-order chi connectivity index (χ0) is 17.6. The number of rotatable bonds is 5. The zero-order valence-corrected chi connectivity index (χ0v) is 14.5. The molecule has 3 rings (SSSR count). The molecule has 1 saturated carbocycles. The number of amides is 1. The number of aliphatic hydroxyl groups is 1. The third kappa shape index (κ3) is 4.67. The average molecular weight is 361 g/mol. The van der Waals surface area contributed by atoms with Crippen LogP contribution in [-0.4, -0.2) is 27.2 Å². The van der Waals surface area contributed by atoms with Crippen molar-refractivity contribution in [3.05, 3.63) is 47.2 Å². The first-order valence-corrected chi connectivity index (χ1v) is 8.84. The normalized spacial score (nSPS) is 16.2. The highest BCUT2D eigenvalue weighted by Crippen LogP contribution is 2.27. The minimum Gasteiger partial charge on any atom is -0.373 e. The summed E-state index contributed by atoms with van der Waals surface area (Å²) < 4.78 is 0. The molecule has 1 aliphatic carbocycles. The maximum Gasteiger partial charge on any atom is 0.254 e. The lowest BCUT2D eigenvalue weighted by molar-refractivity contribution is 0.0463. The second-order valence-corrected chi connectivity index (χ2v) is 6.62. The third-order valence-corrected chi connectivity index (χ3v) is 4.74. The number of carbonyl (C=O) groups is 1. The highest BCUT2D eigenvalue weighted by molar-refractivity contribution is 6.34. The Balaban J connectivity index is 1.69. The molecule has 3 N–H and O–H groups in total. The molecule has 7 heteroatoms. The molecule has 1 aromatic heterocycles. The van der Waals surface area contributed by atoms with Gasteiger partial charge in [0.1, 0.15) is 6.23 Å². The van der Waals surface area contributed by atoms with E-state index in [1.54, 1.807) is 36.7 Å². The second-order valence-electron chi connectivity index (χ2n) is 6.21. The van der Waals surface area contributed by atoms with Crippen LogP contribution in [0.2, 0.25) is 5.02 Å². The predicted octanol–water partition coefficient (Wildman–Crippen LogP) is 3.50. The smallest absolute Gasteiger partial charge is 0.254 e. The number of benzene rings is 1. The van der Waals surface area contributed by atoms with Crippen LogP contribution < -0.4 is 10.6 Å². The third-order valence-electron chi connectivity index (χ3n) is 4.41. The fourth-order valence-electron chi connectivity index (χ4n) is 3.05. The number of carbonyl (C=O) groups excluding carboxylic acids is 1. The van der Waals surface area contributed by atoms with E-state index in [0.29, 0.717) is 22.2 Å². The number of nitrogens with zero attached hydrogens (tertiary/aromatic N) is 2. The van der Waals surface area contributed by atoms with Gasteiger partial charge < -0.3 is 15.7 Å². The van der Waals surface area contributed by atoms with Gasteiger partial charge in [-0.3, -0.25) is 4.79 Å². The summed E-state index contributed by atoms with van der Waals surface area (Å²) >= 11 is 6.16. The summed E-state index contributed by atoms with van der Waals surface area (Å²) in [5, 5.41) is 16.3. The van der Waals surface area contributed by atoms with Crippen molar-refractivity contribution < 1.29 is 9.90 Å². The molecule has 0 saturated heterocycles. The molecule has 2 aromatic rings. The van der Waals surface area contributed by atoms with Crippen LogP contribution in [0, 0.1) is 5.92 Å². The standard InChI is InChI=1S/C18H21ClN4O2/c19-15-8-7-13(22-18-20-9-4-10-21-18)11-14(15)17(25)23-16(24)12-5-2-1-3-6-12/h4,7-12,16,24H,1-3,5-6H2,(H,23,25)(H,20,21,22). The fraction of sp³-hybridized carbons (Fsp3) is 0.389. The summed E-state index contributed by atoms with van der Waals surface area (Å²) in [5.41, 5.74) is 0.949. The largest absolute Gasteiger partial charge is 0.373 e. The van der Waals surface area contributed by atoms with E-state index in [4.69, 9.17) is 11.6 Å². The Morgan fingerprint density at radius 2 is 1.92 bits per heavy atom. The lowest BCUT2D eigenvalue weighted by Crippen LogP contribution is -2.41. The quantitative estimate of drug-likeness (QED) is 0.710. The summed E-state index contributed by atoms with van der Waals surface area (Å²) in [4.78, 5) is 20.7. The first kappa shape index (κ1) is 17.6. The van der Waals surface area contributed by atoms with Crippen molar-refractivity contribution in [2.45, 2.75) is 38.3 Å². The molecule has 25 heavy (non-hydrogen) atoms. The highest BCUT2D eigenvalue weighted by atomic mass is 35.5. The molecule has 1 heterocycles. The van der Waals surface area contributed by atoms with Crippen molar-refractivity contribution >= 4 is 29.1 Å². The van der Waals surface area contributed by atoms with Gasteiger partial charge in [-0.25, -0.2) is 9.97 Å². The van der Waals surface area contributed by atoms with Gasteiger partial charge in [-0.1, -0.05) is 30.9 Å². The minimum atomic E-state index is -0.849. The molecule has 0 aliphatic heterocycles. The SMILES string of the molecule is O=C(NC(O)C1CCCCC1)c1cc(Nc2ncccn2)ccc1Cl. The number of halogens is 1. The van der Waals surface area contributed by atoms with Gasteiger partial charge in [-0.2, -0.15) is 0 Å². The Kier molecular flexibility index (Phi) is 5.83. The van der Waals surface area contributed by atoms with E-state index in [2.05, 4.69) is 20.6 Å². The van der Waals surface area contributed by atoms with Crippen molar-refractivity contribution in [1.82, 2.24) is 15.3 Å². The molecular weight excluding hydrogens is 340 g/mol. The van der Waals surface area contributed by atoms with Gasteiger partial charge in [-0.15, -0.1) is 0 Å². The van der Waals surface area contributed by atoms with Crippen molar-refractivity contribution in [1.29, 1.82) is 0 Å². The minimum absolute atomic E-state index is 0.107. The second kappa shape index (κ2) is 8.27. The number of nitrogens with one attached hydrogen (secondary N) is 2. The van der Waals surface area contributed by atoms with Crippen LogP contribution in [-0.2, 0) is 0 Å². The van der Waals surface area contributed by atoms with Crippen LogP contribution in [0.25, 0.3) is 0 Å². The summed E-state index contributed by atoms with van der Waals surface area (Å²) in [5.74, 6) is 0.148. The van der Waals surface area contributed by atoms with Crippen LogP contribution in [0.4, 0.5) is 11.6 Å². The Hall–Kier alpha value is -2.18. The van der Waals surface area contributed by atoms with Gasteiger partial charge in [0.15, 0.2) is 0 Å². The number of hydrogen-bond acceptors (Lipinski definition) is 5. The van der Waals surface area contributed by atoms with E-state index < -0.39 is 6.23 Å². The van der Waals surface area contributed by atoms with Gasteiger partial charge in [0.05, 0.1) is 10.6 Å². The maximum absolute atomic E-state index is 12.5. The van der Waals surface area contributed by atoms with Crippen molar-refractivity contribution in [3.8, 4) is 0 Å². The summed E-state index contributed by atoms with van der Waals surface area (Å²) in [6, 6.07) is 6.72. The fourth-order valence-corrected chi connectivity index (χ4v) is 3.25. The number of aliphatic hydroxyl groups excluding tert-OH is 1. The van der Waals surface area contributed by atoms with Gasteiger partial charge >= 0.3 is 0 Å². The molecule has 1 amide bonds. The van der Waals surface area contributed by atoms with Gasteiger partial charge in [0, 0.05) is 24.0 Å². The Morgan fingerprint density at radius 3 is 2.64 bits per heavy atom. The monoisotopic (exact) mass is 360 g/mol. The molecular formula is C18H21ClN4O2. The van der Waals surface area contributed by atoms with Gasteiger partial charge in [0.2, 0.25) is 5.95 Å². The molecule has 1 fully saturated rings. The van der Waals surface area contributed by atoms with Crippen LogP contribution >= 0.6 is 11.6 Å². The highest BCUT2D eigenvalue weighted by Gasteiger charge is 2.24. The Labute approximate surface area is 151 Å². The lowest BCUT2D eigenvalue weighted by atomic mass is 9.88. The van der Waals surface area contributed by atoms with Crippen LogP contribution in [0.3, 0.4) is 0 Å². The van der Waals surface area contributed by atoms with Crippen LogP contribution in [0.5, 0.6) is 0 Å². The molecule has 0 radical (unpaired) electrons. The molecule has 0 bridgehead atoms. The first-order chi connectivity index (χ1) is 12.1.